The number of rotatable bonds is 1. The molecule has 1 fully saturated rings. The van der Waals surface area contributed by atoms with Gasteiger partial charge in [-0.2, -0.15) is 0 Å². The number of hydrogen-bond acceptors (Lipinski definition) is 3. The Morgan fingerprint density at radius 3 is 2.50 bits per heavy atom. The Morgan fingerprint density at radius 1 is 1.30 bits per heavy atom. The second kappa shape index (κ2) is 3.12. The van der Waals surface area contributed by atoms with E-state index in [4.69, 9.17) is 5.11 Å². The van der Waals surface area contributed by atoms with Crippen LogP contribution in [-0.4, -0.2) is 35.2 Å². The van der Waals surface area contributed by atoms with Crippen LogP contribution in [0.1, 0.15) is 19.3 Å². The Labute approximate surface area is 60.4 Å². The van der Waals surface area contributed by atoms with E-state index in [1.165, 1.54) is 0 Å². The van der Waals surface area contributed by atoms with Crippen molar-refractivity contribution < 1.29 is 10.2 Å². The van der Waals surface area contributed by atoms with Crippen LogP contribution in [0, 0.1) is 0 Å². The van der Waals surface area contributed by atoms with Crippen LogP contribution in [0.25, 0.3) is 0 Å². The van der Waals surface area contributed by atoms with Crippen molar-refractivity contribution >= 4 is 6.72 Å². The summed E-state index contributed by atoms with van der Waals surface area (Å²) in [5, 5.41) is 18.4. The van der Waals surface area contributed by atoms with Crippen molar-refractivity contribution in [3.63, 3.8) is 0 Å². The van der Waals surface area contributed by atoms with Gasteiger partial charge >= 0.3 is 0 Å². The van der Waals surface area contributed by atoms with Gasteiger partial charge in [0, 0.05) is 0 Å². The van der Waals surface area contributed by atoms with Crippen molar-refractivity contribution in [2.45, 2.75) is 37.5 Å². The van der Waals surface area contributed by atoms with E-state index in [1.807, 2.05) is 0 Å². The summed E-state index contributed by atoms with van der Waals surface area (Å²) in [6, 6.07) is -0.149. The van der Waals surface area contributed by atoms with Crippen LogP contribution in [0.3, 0.4) is 0 Å². The lowest BCUT2D eigenvalue weighted by Gasteiger charge is -2.28. The first-order valence-electron chi connectivity index (χ1n) is 3.57. The van der Waals surface area contributed by atoms with E-state index < -0.39 is 12.2 Å². The SMILES string of the molecule is C=N[C@H]1CCC[C@H](O)[C@@H]1O. The van der Waals surface area contributed by atoms with Gasteiger partial charge in [0.1, 0.15) is 6.10 Å². The highest BCUT2D eigenvalue weighted by Gasteiger charge is 2.28. The predicted molar refractivity (Wildman–Crippen MR) is 39.2 cm³/mol. The van der Waals surface area contributed by atoms with Crippen LogP contribution in [0.15, 0.2) is 4.99 Å². The smallest absolute Gasteiger partial charge is 0.102 e. The number of aliphatic hydroxyl groups is 2. The van der Waals surface area contributed by atoms with Crippen molar-refractivity contribution in [3.8, 4) is 0 Å². The lowest BCUT2D eigenvalue weighted by atomic mass is 9.91. The fourth-order valence-corrected chi connectivity index (χ4v) is 1.33. The van der Waals surface area contributed by atoms with Gasteiger partial charge in [-0.1, -0.05) is 0 Å². The minimum absolute atomic E-state index is 0.149. The first kappa shape index (κ1) is 7.69. The third kappa shape index (κ3) is 1.36. The maximum Gasteiger partial charge on any atom is 0.102 e. The Hall–Kier alpha value is -0.410. The van der Waals surface area contributed by atoms with Gasteiger partial charge in [-0.05, 0) is 26.0 Å². The molecule has 0 aromatic heterocycles. The van der Waals surface area contributed by atoms with Gasteiger partial charge in [-0.3, -0.25) is 4.99 Å². The first-order chi connectivity index (χ1) is 4.75. The van der Waals surface area contributed by atoms with Crippen molar-refractivity contribution in [2.75, 3.05) is 0 Å². The highest BCUT2D eigenvalue weighted by Crippen LogP contribution is 2.20. The molecule has 0 spiro atoms. The number of hydrogen-bond donors (Lipinski definition) is 2. The van der Waals surface area contributed by atoms with E-state index in [-0.39, 0.29) is 6.04 Å². The van der Waals surface area contributed by atoms with Crippen molar-refractivity contribution in [3.05, 3.63) is 0 Å². The molecule has 0 aromatic rings. The summed E-state index contributed by atoms with van der Waals surface area (Å²) in [7, 11) is 0. The van der Waals surface area contributed by atoms with Crippen LogP contribution in [0.2, 0.25) is 0 Å². The number of aliphatic hydroxyl groups excluding tert-OH is 2. The Bertz CT molecular complexity index is 127. The van der Waals surface area contributed by atoms with Gasteiger partial charge in [-0.15, -0.1) is 0 Å². The van der Waals surface area contributed by atoms with Gasteiger partial charge in [0.15, 0.2) is 0 Å². The molecule has 0 radical (unpaired) electrons. The minimum atomic E-state index is -0.689. The zero-order valence-corrected chi connectivity index (χ0v) is 5.90. The van der Waals surface area contributed by atoms with Crippen LogP contribution in [0.5, 0.6) is 0 Å². The van der Waals surface area contributed by atoms with Gasteiger partial charge in [-0.25, -0.2) is 0 Å². The summed E-state index contributed by atoms with van der Waals surface area (Å²) in [6.07, 6.45) is 1.19. The molecular weight excluding hydrogens is 130 g/mol. The zero-order chi connectivity index (χ0) is 7.56. The number of nitrogens with zero attached hydrogens (tertiary/aromatic N) is 1. The molecule has 1 rings (SSSR count). The lowest BCUT2D eigenvalue weighted by Crippen LogP contribution is -2.39. The molecule has 1 saturated carbocycles. The first-order valence-corrected chi connectivity index (χ1v) is 3.57. The maximum absolute atomic E-state index is 9.25. The summed E-state index contributed by atoms with van der Waals surface area (Å²) in [5.41, 5.74) is 0. The largest absolute Gasteiger partial charge is 0.390 e. The molecule has 58 valence electrons. The van der Waals surface area contributed by atoms with Gasteiger partial charge in [0.05, 0.1) is 12.1 Å². The van der Waals surface area contributed by atoms with E-state index >= 15 is 0 Å². The molecule has 0 amide bonds. The average molecular weight is 143 g/mol. The molecule has 0 aliphatic heterocycles. The van der Waals surface area contributed by atoms with Crippen molar-refractivity contribution in [1.29, 1.82) is 0 Å². The van der Waals surface area contributed by atoms with Crippen LogP contribution in [-0.2, 0) is 0 Å². The number of aliphatic imine (C=N–C) groups is 1. The van der Waals surface area contributed by atoms with Gasteiger partial charge in [0.25, 0.3) is 0 Å². The molecule has 2 N–H and O–H groups in total. The lowest BCUT2D eigenvalue weighted by molar-refractivity contribution is -0.0198. The molecule has 0 bridgehead atoms. The van der Waals surface area contributed by atoms with Crippen molar-refractivity contribution in [2.24, 2.45) is 4.99 Å². The molecule has 3 atom stereocenters. The topological polar surface area (TPSA) is 52.8 Å². The van der Waals surface area contributed by atoms with E-state index in [2.05, 4.69) is 11.7 Å². The van der Waals surface area contributed by atoms with Crippen LogP contribution in [0.4, 0.5) is 0 Å². The Morgan fingerprint density at radius 2 is 2.00 bits per heavy atom. The Kier molecular flexibility index (Phi) is 2.40. The molecule has 0 saturated heterocycles. The molecule has 3 nitrogen and oxygen atoms in total. The third-order valence-electron chi connectivity index (χ3n) is 2.02. The summed E-state index contributed by atoms with van der Waals surface area (Å²) < 4.78 is 0. The molecule has 3 heteroatoms. The fraction of sp³-hybridized carbons (Fsp3) is 0.857. The minimum Gasteiger partial charge on any atom is -0.390 e. The third-order valence-corrected chi connectivity index (χ3v) is 2.02. The summed E-state index contributed by atoms with van der Waals surface area (Å²) in [6.45, 7) is 3.35. The summed E-state index contributed by atoms with van der Waals surface area (Å²) >= 11 is 0. The monoisotopic (exact) mass is 143 g/mol. The normalized spacial score (nSPS) is 41.2. The van der Waals surface area contributed by atoms with Crippen LogP contribution < -0.4 is 0 Å². The molecule has 0 aromatic carbocycles. The standard InChI is InChI=1S/C7H13NO2/c1-8-5-3-2-4-6(9)7(5)10/h5-7,9-10H,1-4H2/t5-,6-,7+/m0/s1. The molecular formula is C7H13NO2. The molecule has 1 aliphatic carbocycles. The van der Waals surface area contributed by atoms with E-state index in [9.17, 15) is 5.11 Å². The highest BCUT2D eigenvalue weighted by molar-refractivity contribution is 5.24. The molecule has 1 aliphatic rings. The fourth-order valence-electron chi connectivity index (χ4n) is 1.33. The molecule has 0 unspecified atom stereocenters. The van der Waals surface area contributed by atoms with Gasteiger partial charge in [0.2, 0.25) is 0 Å². The van der Waals surface area contributed by atoms with E-state index in [1.54, 1.807) is 0 Å². The quantitative estimate of drug-likeness (QED) is 0.506. The summed E-state index contributed by atoms with van der Waals surface area (Å²) in [4.78, 5) is 3.72. The molecule has 0 heterocycles. The second-order valence-electron chi connectivity index (χ2n) is 2.74. The maximum atomic E-state index is 9.25. The second-order valence-corrected chi connectivity index (χ2v) is 2.74. The predicted octanol–water partition coefficient (Wildman–Crippen LogP) is -0.0387. The zero-order valence-electron chi connectivity index (χ0n) is 5.90. The van der Waals surface area contributed by atoms with Crippen LogP contribution >= 0.6 is 0 Å². The van der Waals surface area contributed by atoms with E-state index in [0.29, 0.717) is 6.42 Å². The average Bonchev–Trinajstić information content (AvgIpc) is 1.95. The summed E-state index contributed by atoms with van der Waals surface area (Å²) in [5.74, 6) is 0. The van der Waals surface area contributed by atoms with Crippen molar-refractivity contribution in [1.82, 2.24) is 0 Å². The Balaban J connectivity index is 2.50. The molecule has 10 heavy (non-hydrogen) atoms. The van der Waals surface area contributed by atoms with Gasteiger partial charge < -0.3 is 10.2 Å². The van der Waals surface area contributed by atoms with E-state index in [0.717, 1.165) is 12.8 Å². The highest BCUT2D eigenvalue weighted by atomic mass is 16.3.